The minimum Gasteiger partial charge on any atom is -0.493 e. The number of nitrogens with two attached hydrogens (primary N) is 1. The molecule has 1 aliphatic carbocycles. The fraction of sp³-hybridized carbons (Fsp3) is 0.571. The maximum absolute atomic E-state index is 6.24. The van der Waals surface area contributed by atoms with Gasteiger partial charge in [-0.15, -0.1) is 0 Å². The highest BCUT2D eigenvalue weighted by Crippen LogP contribution is 2.49. The fourth-order valence-corrected chi connectivity index (χ4v) is 1.97. The van der Waals surface area contributed by atoms with Crippen molar-refractivity contribution in [2.24, 2.45) is 17.6 Å². The predicted octanol–water partition coefficient (Wildman–Crippen LogP) is 2.92. The number of rotatable bonds is 4. The number of hydrogen-bond acceptors (Lipinski definition) is 2. The van der Waals surface area contributed by atoms with Crippen molar-refractivity contribution < 1.29 is 4.74 Å². The molecule has 2 nitrogen and oxygen atoms in total. The second-order valence-electron chi connectivity index (χ2n) is 5.37. The summed E-state index contributed by atoms with van der Waals surface area (Å²) in [5.74, 6) is 2.10. The highest BCUT2D eigenvalue weighted by atomic mass is 16.5. The Bertz CT molecular complexity index is 358. The molecule has 16 heavy (non-hydrogen) atoms. The van der Waals surface area contributed by atoms with Crippen LogP contribution in [0.15, 0.2) is 24.3 Å². The van der Waals surface area contributed by atoms with Crippen molar-refractivity contribution in [3.05, 3.63) is 29.8 Å². The highest BCUT2D eigenvalue weighted by molar-refractivity contribution is 5.36. The van der Waals surface area contributed by atoms with Gasteiger partial charge >= 0.3 is 0 Å². The smallest absolute Gasteiger partial charge is 0.119 e. The predicted molar refractivity (Wildman–Crippen MR) is 66.4 cm³/mol. The first kappa shape index (κ1) is 11.5. The number of ether oxygens (including phenoxy) is 1. The van der Waals surface area contributed by atoms with Crippen LogP contribution in [0, 0.1) is 11.8 Å². The van der Waals surface area contributed by atoms with E-state index < -0.39 is 0 Å². The maximum Gasteiger partial charge on any atom is 0.119 e. The van der Waals surface area contributed by atoms with Crippen LogP contribution in [0.1, 0.15) is 32.8 Å². The van der Waals surface area contributed by atoms with Gasteiger partial charge in [0.05, 0.1) is 6.61 Å². The standard InChI is InChI=1S/C14H21NO/c1-10(2)9-16-13-6-4-12(5-7-13)14(15)8-11(14)3/h4-7,10-11H,8-9,15H2,1-3H3. The van der Waals surface area contributed by atoms with E-state index >= 15 is 0 Å². The molecule has 1 saturated carbocycles. The normalized spacial score (nSPS) is 28.2. The molecular weight excluding hydrogens is 198 g/mol. The van der Waals surface area contributed by atoms with Gasteiger partial charge in [-0.25, -0.2) is 0 Å². The summed E-state index contributed by atoms with van der Waals surface area (Å²) in [5.41, 5.74) is 7.40. The van der Waals surface area contributed by atoms with E-state index in [-0.39, 0.29) is 5.54 Å². The molecule has 1 aromatic carbocycles. The van der Waals surface area contributed by atoms with E-state index in [4.69, 9.17) is 10.5 Å². The number of benzene rings is 1. The Balaban J connectivity index is 2.00. The molecule has 0 spiro atoms. The Morgan fingerprint density at radius 2 is 1.94 bits per heavy atom. The lowest BCUT2D eigenvalue weighted by molar-refractivity contribution is 0.271. The van der Waals surface area contributed by atoms with Crippen LogP contribution >= 0.6 is 0 Å². The molecule has 0 aliphatic heterocycles. The van der Waals surface area contributed by atoms with Crippen LogP contribution in [-0.4, -0.2) is 6.61 Å². The van der Waals surface area contributed by atoms with Crippen molar-refractivity contribution in [2.75, 3.05) is 6.61 Å². The summed E-state index contributed by atoms with van der Waals surface area (Å²) in [4.78, 5) is 0. The van der Waals surface area contributed by atoms with E-state index in [1.165, 1.54) is 5.56 Å². The fourth-order valence-electron chi connectivity index (χ4n) is 1.97. The molecule has 1 aliphatic rings. The zero-order valence-electron chi connectivity index (χ0n) is 10.4. The van der Waals surface area contributed by atoms with Gasteiger partial charge in [0.15, 0.2) is 0 Å². The zero-order valence-corrected chi connectivity index (χ0v) is 10.4. The molecule has 0 heterocycles. The Kier molecular flexibility index (Phi) is 2.94. The summed E-state index contributed by atoms with van der Waals surface area (Å²) >= 11 is 0. The average Bonchev–Trinajstić information content (AvgIpc) is 2.86. The van der Waals surface area contributed by atoms with E-state index in [2.05, 4.69) is 32.9 Å². The molecule has 0 aromatic heterocycles. The Hall–Kier alpha value is -1.02. The lowest BCUT2D eigenvalue weighted by atomic mass is 10.0. The molecule has 0 radical (unpaired) electrons. The molecule has 0 bridgehead atoms. The summed E-state index contributed by atoms with van der Waals surface area (Å²) in [7, 11) is 0. The van der Waals surface area contributed by atoms with Crippen LogP contribution in [0.4, 0.5) is 0 Å². The van der Waals surface area contributed by atoms with Gasteiger partial charge in [-0.05, 0) is 36.0 Å². The quantitative estimate of drug-likeness (QED) is 0.845. The maximum atomic E-state index is 6.24. The molecule has 0 amide bonds. The van der Waals surface area contributed by atoms with Crippen molar-refractivity contribution in [2.45, 2.75) is 32.7 Å². The van der Waals surface area contributed by atoms with Gasteiger partial charge in [0.25, 0.3) is 0 Å². The highest BCUT2D eigenvalue weighted by Gasteiger charge is 2.48. The van der Waals surface area contributed by atoms with Crippen LogP contribution in [-0.2, 0) is 5.54 Å². The lowest BCUT2D eigenvalue weighted by Crippen LogP contribution is -2.21. The first-order valence-corrected chi connectivity index (χ1v) is 6.04. The summed E-state index contributed by atoms with van der Waals surface area (Å²) in [6.45, 7) is 7.26. The van der Waals surface area contributed by atoms with Gasteiger partial charge in [0.2, 0.25) is 0 Å². The molecule has 1 aromatic rings. The van der Waals surface area contributed by atoms with Crippen LogP contribution < -0.4 is 10.5 Å². The Labute approximate surface area is 97.8 Å². The van der Waals surface area contributed by atoms with E-state index in [9.17, 15) is 0 Å². The largest absolute Gasteiger partial charge is 0.493 e. The molecule has 0 saturated heterocycles. The molecule has 88 valence electrons. The van der Waals surface area contributed by atoms with Crippen molar-refractivity contribution >= 4 is 0 Å². The van der Waals surface area contributed by atoms with Crippen molar-refractivity contribution in [3.63, 3.8) is 0 Å². The summed E-state index contributed by atoms with van der Waals surface area (Å²) in [5, 5.41) is 0. The van der Waals surface area contributed by atoms with Crippen LogP contribution in [0.2, 0.25) is 0 Å². The van der Waals surface area contributed by atoms with Crippen LogP contribution in [0.25, 0.3) is 0 Å². The molecule has 2 unspecified atom stereocenters. The average molecular weight is 219 g/mol. The first-order valence-electron chi connectivity index (χ1n) is 6.04. The Morgan fingerprint density at radius 1 is 1.38 bits per heavy atom. The van der Waals surface area contributed by atoms with Gasteiger partial charge in [0.1, 0.15) is 5.75 Å². The third-order valence-corrected chi connectivity index (χ3v) is 3.34. The minimum atomic E-state index is -0.0728. The van der Waals surface area contributed by atoms with Crippen molar-refractivity contribution in [3.8, 4) is 5.75 Å². The molecule has 2 atom stereocenters. The molecule has 2 heteroatoms. The van der Waals surface area contributed by atoms with Crippen molar-refractivity contribution in [1.29, 1.82) is 0 Å². The molecule has 2 N–H and O–H groups in total. The van der Waals surface area contributed by atoms with Gasteiger partial charge in [-0.3, -0.25) is 0 Å². The van der Waals surface area contributed by atoms with E-state index in [0.717, 1.165) is 18.8 Å². The summed E-state index contributed by atoms with van der Waals surface area (Å²) in [6, 6.07) is 8.24. The van der Waals surface area contributed by atoms with Gasteiger partial charge < -0.3 is 10.5 Å². The van der Waals surface area contributed by atoms with Gasteiger partial charge in [-0.1, -0.05) is 32.9 Å². The van der Waals surface area contributed by atoms with E-state index in [0.29, 0.717) is 11.8 Å². The zero-order chi connectivity index (χ0) is 11.8. The van der Waals surface area contributed by atoms with Gasteiger partial charge in [-0.2, -0.15) is 0 Å². The molecule has 1 fully saturated rings. The SMILES string of the molecule is CC(C)COc1ccc(C2(N)CC2C)cc1. The number of hydrogen-bond donors (Lipinski definition) is 1. The summed E-state index contributed by atoms with van der Waals surface area (Å²) in [6.07, 6.45) is 1.10. The first-order chi connectivity index (χ1) is 7.52. The third kappa shape index (κ3) is 2.22. The molecule has 2 rings (SSSR count). The van der Waals surface area contributed by atoms with E-state index in [1.54, 1.807) is 0 Å². The van der Waals surface area contributed by atoms with Crippen LogP contribution in [0.5, 0.6) is 5.75 Å². The minimum absolute atomic E-state index is 0.0728. The third-order valence-electron chi connectivity index (χ3n) is 3.34. The van der Waals surface area contributed by atoms with Crippen molar-refractivity contribution in [1.82, 2.24) is 0 Å². The van der Waals surface area contributed by atoms with Gasteiger partial charge in [0, 0.05) is 5.54 Å². The van der Waals surface area contributed by atoms with E-state index in [1.807, 2.05) is 12.1 Å². The second-order valence-corrected chi connectivity index (χ2v) is 5.37. The Morgan fingerprint density at radius 3 is 2.38 bits per heavy atom. The van der Waals surface area contributed by atoms with Crippen LogP contribution in [0.3, 0.4) is 0 Å². The lowest BCUT2D eigenvalue weighted by Gasteiger charge is -2.13. The monoisotopic (exact) mass is 219 g/mol. The summed E-state index contributed by atoms with van der Waals surface area (Å²) < 4.78 is 5.64. The molecular formula is C14H21NO. The topological polar surface area (TPSA) is 35.2 Å². The second kappa shape index (κ2) is 4.10.